The Balaban J connectivity index is 2.73. The minimum absolute atomic E-state index is 0.138. The SMILES string of the molecule is CCc1c(Cl)[nH]c(=O)n(C2(C)CCOC2C)c1=O. The standard InChI is InChI=1S/C12H17ClN2O3/c1-4-8-9(13)14-11(17)15(10(8)16)12(3)5-6-18-7(12)2/h7H,4-6H2,1-3H3,(H,14,17). The van der Waals surface area contributed by atoms with E-state index in [9.17, 15) is 9.59 Å². The second kappa shape index (κ2) is 4.55. The third kappa shape index (κ3) is 1.82. The van der Waals surface area contributed by atoms with Crippen LogP contribution in [-0.4, -0.2) is 22.3 Å². The third-order valence-electron chi connectivity index (χ3n) is 3.86. The molecular weight excluding hydrogens is 256 g/mol. The third-order valence-corrected chi connectivity index (χ3v) is 4.18. The van der Waals surface area contributed by atoms with E-state index in [4.69, 9.17) is 16.3 Å². The summed E-state index contributed by atoms with van der Waals surface area (Å²) in [5.41, 5.74) is -0.955. The van der Waals surface area contributed by atoms with Gasteiger partial charge in [-0.2, -0.15) is 0 Å². The topological polar surface area (TPSA) is 64.1 Å². The molecule has 1 aliphatic rings. The Labute approximate surface area is 110 Å². The highest BCUT2D eigenvalue weighted by atomic mass is 35.5. The molecule has 5 nitrogen and oxygen atoms in total. The molecule has 1 aromatic heterocycles. The molecule has 0 spiro atoms. The van der Waals surface area contributed by atoms with E-state index >= 15 is 0 Å². The van der Waals surface area contributed by atoms with Crippen molar-refractivity contribution in [3.63, 3.8) is 0 Å². The van der Waals surface area contributed by atoms with Crippen molar-refractivity contribution in [3.8, 4) is 0 Å². The van der Waals surface area contributed by atoms with E-state index in [-0.39, 0.29) is 16.8 Å². The predicted molar refractivity (Wildman–Crippen MR) is 69.4 cm³/mol. The molecule has 1 aromatic rings. The molecule has 0 aliphatic carbocycles. The van der Waals surface area contributed by atoms with Crippen molar-refractivity contribution < 1.29 is 4.74 Å². The van der Waals surface area contributed by atoms with E-state index in [2.05, 4.69) is 4.98 Å². The first-order valence-corrected chi connectivity index (χ1v) is 6.45. The Morgan fingerprint density at radius 3 is 2.72 bits per heavy atom. The Bertz CT molecular complexity index is 578. The molecule has 0 aromatic carbocycles. The summed E-state index contributed by atoms with van der Waals surface area (Å²) in [5, 5.41) is 0.138. The molecule has 1 N–H and O–H groups in total. The minimum atomic E-state index is -0.612. The maximum absolute atomic E-state index is 12.4. The van der Waals surface area contributed by atoms with Crippen LogP contribution in [0.5, 0.6) is 0 Å². The van der Waals surface area contributed by atoms with E-state index < -0.39 is 11.2 Å². The van der Waals surface area contributed by atoms with E-state index in [1.54, 1.807) is 0 Å². The van der Waals surface area contributed by atoms with Gasteiger partial charge in [-0.15, -0.1) is 0 Å². The van der Waals surface area contributed by atoms with Gasteiger partial charge in [0.15, 0.2) is 0 Å². The van der Waals surface area contributed by atoms with Gasteiger partial charge in [-0.05, 0) is 26.7 Å². The molecule has 1 aliphatic heterocycles. The van der Waals surface area contributed by atoms with E-state index in [0.29, 0.717) is 25.0 Å². The number of ether oxygens (including phenoxy) is 1. The first-order valence-electron chi connectivity index (χ1n) is 6.07. The Hall–Kier alpha value is -1.07. The van der Waals surface area contributed by atoms with Crippen LogP contribution in [0.1, 0.15) is 32.8 Å². The van der Waals surface area contributed by atoms with E-state index in [0.717, 1.165) is 0 Å². The van der Waals surface area contributed by atoms with Crippen LogP contribution in [0.3, 0.4) is 0 Å². The number of aromatic amines is 1. The second-order valence-electron chi connectivity index (χ2n) is 4.84. The summed E-state index contributed by atoms with van der Waals surface area (Å²) in [4.78, 5) is 27.0. The summed E-state index contributed by atoms with van der Waals surface area (Å²) in [6.45, 7) is 6.13. The first-order chi connectivity index (χ1) is 8.41. The molecule has 0 bridgehead atoms. The number of rotatable bonds is 2. The van der Waals surface area contributed by atoms with Crippen LogP contribution < -0.4 is 11.2 Å². The minimum Gasteiger partial charge on any atom is -0.376 e. The van der Waals surface area contributed by atoms with Crippen molar-refractivity contribution in [2.24, 2.45) is 0 Å². The summed E-state index contributed by atoms with van der Waals surface area (Å²) in [5.74, 6) is 0. The number of hydrogen-bond donors (Lipinski definition) is 1. The fourth-order valence-corrected chi connectivity index (χ4v) is 2.73. The number of H-pyrrole nitrogens is 1. The Morgan fingerprint density at radius 1 is 1.56 bits per heavy atom. The number of nitrogens with one attached hydrogen (secondary N) is 1. The fourth-order valence-electron chi connectivity index (χ4n) is 2.44. The van der Waals surface area contributed by atoms with Gasteiger partial charge in [0.05, 0.1) is 17.2 Å². The van der Waals surface area contributed by atoms with Crippen LogP contribution in [0.4, 0.5) is 0 Å². The molecule has 0 saturated carbocycles. The summed E-state index contributed by atoms with van der Waals surface area (Å²) in [6, 6.07) is 0. The summed E-state index contributed by atoms with van der Waals surface area (Å²) >= 11 is 5.90. The van der Waals surface area contributed by atoms with Gasteiger partial charge in [-0.3, -0.25) is 14.3 Å². The quantitative estimate of drug-likeness (QED) is 0.825. The molecular formula is C12H17ClN2O3. The van der Waals surface area contributed by atoms with Gasteiger partial charge in [0, 0.05) is 6.61 Å². The molecule has 0 radical (unpaired) electrons. The van der Waals surface area contributed by atoms with Crippen molar-refractivity contribution in [1.29, 1.82) is 0 Å². The van der Waals surface area contributed by atoms with Crippen LogP contribution in [0.15, 0.2) is 9.59 Å². The average Bonchev–Trinajstić information content (AvgIpc) is 2.59. The van der Waals surface area contributed by atoms with Crippen LogP contribution in [-0.2, 0) is 16.7 Å². The van der Waals surface area contributed by atoms with Crippen LogP contribution in [0.2, 0.25) is 5.15 Å². The lowest BCUT2D eigenvalue weighted by Crippen LogP contribution is -2.52. The molecule has 100 valence electrons. The molecule has 6 heteroatoms. The van der Waals surface area contributed by atoms with Crippen molar-refractivity contribution >= 4 is 11.6 Å². The molecule has 18 heavy (non-hydrogen) atoms. The number of aromatic nitrogens is 2. The molecule has 1 saturated heterocycles. The number of nitrogens with zero attached hydrogens (tertiary/aromatic N) is 1. The van der Waals surface area contributed by atoms with Gasteiger partial charge >= 0.3 is 5.69 Å². The lowest BCUT2D eigenvalue weighted by atomic mass is 9.94. The Morgan fingerprint density at radius 2 is 2.22 bits per heavy atom. The van der Waals surface area contributed by atoms with Crippen molar-refractivity contribution in [2.75, 3.05) is 6.61 Å². The van der Waals surface area contributed by atoms with E-state index in [1.165, 1.54) is 4.57 Å². The van der Waals surface area contributed by atoms with Crippen molar-refractivity contribution in [3.05, 3.63) is 31.6 Å². The maximum Gasteiger partial charge on any atom is 0.330 e. The normalized spacial score (nSPS) is 27.7. The first kappa shape index (κ1) is 13.4. The number of halogens is 1. The molecule has 1 fully saturated rings. The average molecular weight is 273 g/mol. The van der Waals surface area contributed by atoms with Gasteiger partial charge in [-0.25, -0.2) is 4.79 Å². The largest absolute Gasteiger partial charge is 0.376 e. The zero-order chi connectivity index (χ0) is 13.5. The smallest absolute Gasteiger partial charge is 0.330 e. The highest BCUT2D eigenvalue weighted by Gasteiger charge is 2.41. The highest BCUT2D eigenvalue weighted by Crippen LogP contribution is 2.30. The van der Waals surface area contributed by atoms with Gasteiger partial charge in [-0.1, -0.05) is 18.5 Å². The highest BCUT2D eigenvalue weighted by molar-refractivity contribution is 6.30. The summed E-state index contributed by atoms with van der Waals surface area (Å²) in [6.07, 6.45) is 0.948. The van der Waals surface area contributed by atoms with Gasteiger partial charge in [0.1, 0.15) is 5.15 Å². The maximum atomic E-state index is 12.4. The van der Waals surface area contributed by atoms with E-state index in [1.807, 2.05) is 20.8 Å². The second-order valence-corrected chi connectivity index (χ2v) is 5.21. The predicted octanol–water partition coefficient (Wildman–Crippen LogP) is 1.28. The van der Waals surface area contributed by atoms with Crippen LogP contribution >= 0.6 is 11.6 Å². The zero-order valence-corrected chi connectivity index (χ0v) is 11.5. The lowest BCUT2D eigenvalue weighted by molar-refractivity contribution is 0.0724. The molecule has 2 unspecified atom stereocenters. The summed E-state index contributed by atoms with van der Waals surface area (Å²) in [7, 11) is 0. The monoisotopic (exact) mass is 272 g/mol. The number of hydrogen-bond acceptors (Lipinski definition) is 3. The van der Waals surface area contributed by atoms with Crippen LogP contribution in [0.25, 0.3) is 0 Å². The zero-order valence-electron chi connectivity index (χ0n) is 10.7. The lowest BCUT2D eigenvalue weighted by Gasteiger charge is -2.29. The summed E-state index contributed by atoms with van der Waals surface area (Å²) < 4.78 is 6.75. The molecule has 0 amide bonds. The van der Waals surface area contributed by atoms with Crippen LogP contribution in [0, 0.1) is 0 Å². The fraction of sp³-hybridized carbons (Fsp3) is 0.667. The van der Waals surface area contributed by atoms with Crippen molar-refractivity contribution in [1.82, 2.24) is 9.55 Å². The Kier molecular flexibility index (Phi) is 3.38. The molecule has 2 heterocycles. The van der Waals surface area contributed by atoms with Gasteiger partial charge in [0.25, 0.3) is 5.56 Å². The van der Waals surface area contributed by atoms with Gasteiger partial charge in [0.2, 0.25) is 0 Å². The van der Waals surface area contributed by atoms with Gasteiger partial charge < -0.3 is 4.74 Å². The van der Waals surface area contributed by atoms with Crippen molar-refractivity contribution in [2.45, 2.75) is 45.3 Å². The molecule has 2 atom stereocenters. The molecule has 2 rings (SSSR count).